The van der Waals surface area contributed by atoms with Crippen molar-refractivity contribution in [1.29, 1.82) is 0 Å². The van der Waals surface area contributed by atoms with Gasteiger partial charge in [-0.25, -0.2) is 4.79 Å². The average molecular weight is 245 g/mol. The van der Waals surface area contributed by atoms with Gasteiger partial charge in [0.15, 0.2) is 0 Å². The molecule has 0 saturated carbocycles. The van der Waals surface area contributed by atoms with Crippen molar-refractivity contribution in [3.05, 3.63) is 51.4 Å². The maximum Gasteiger partial charge on any atom is 0.328 e. The van der Waals surface area contributed by atoms with Crippen LogP contribution in [0.25, 0.3) is 11.3 Å². The molecule has 0 fully saturated rings. The first-order valence-corrected chi connectivity index (χ1v) is 5.67. The molecule has 0 aliphatic carbocycles. The number of hydrogen-bond acceptors (Lipinski definition) is 3. The average Bonchev–Trinajstić information content (AvgIpc) is 2.28. The summed E-state index contributed by atoms with van der Waals surface area (Å²) in [5.74, 6) is 0. The van der Waals surface area contributed by atoms with Gasteiger partial charge in [0.2, 0.25) is 0 Å². The van der Waals surface area contributed by atoms with E-state index in [0.29, 0.717) is 11.3 Å². The van der Waals surface area contributed by atoms with E-state index in [-0.39, 0.29) is 0 Å². The Balaban J connectivity index is 2.71. The highest BCUT2D eigenvalue weighted by molar-refractivity contribution is 5.55. The van der Waals surface area contributed by atoms with Crippen molar-refractivity contribution in [3.63, 3.8) is 0 Å². The predicted octanol–water partition coefficient (Wildman–Crippen LogP) is 1.35. The third kappa shape index (κ3) is 2.25. The SMILES string of the molecule is CC(C)(C)n1cc(-c2ccccn2)c(=O)[nH]c1=O. The molecular formula is C13H15N3O2. The topological polar surface area (TPSA) is 67.8 Å². The van der Waals surface area contributed by atoms with Gasteiger partial charge < -0.3 is 0 Å². The lowest BCUT2D eigenvalue weighted by molar-refractivity contribution is 0.377. The number of aromatic amines is 1. The molecule has 0 atom stereocenters. The molecule has 0 aliphatic rings. The Morgan fingerprint density at radius 1 is 1.22 bits per heavy atom. The number of rotatable bonds is 1. The van der Waals surface area contributed by atoms with Crippen molar-refractivity contribution in [1.82, 2.24) is 14.5 Å². The summed E-state index contributed by atoms with van der Waals surface area (Å²) in [4.78, 5) is 30.0. The van der Waals surface area contributed by atoms with Crippen LogP contribution in [0.4, 0.5) is 0 Å². The fourth-order valence-electron chi connectivity index (χ4n) is 1.67. The van der Waals surface area contributed by atoms with E-state index in [1.54, 1.807) is 30.6 Å². The van der Waals surface area contributed by atoms with Crippen LogP contribution >= 0.6 is 0 Å². The largest absolute Gasteiger partial charge is 0.328 e. The summed E-state index contributed by atoms with van der Waals surface area (Å²) < 4.78 is 1.50. The number of H-pyrrole nitrogens is 1. The van der Waals surface area contributed by atoms with E-state index < -0.39 is 16.8 Å². The van der Waals surface area contributed by atoms with Crippen LogP contribution in [-0.4, -0.2) is 14.5 Å². The Labute approximate surface area is 104 Å². The molecule has 2 heterocycles. The molecule has 0 radical (unpaired) electrons. The Bertz CT molecular complexity index is 663. The Morgan fingerprint density at radius 3 is 2.50 bits per heavy atom. The molecule has 0 unspecified atom stereocenters. The second kappa shape index (κ2) is 4.25. The van der Waals surface area contributed by atoms with Gasteiger partial charge in [-0.1, -0.05) is 6.07 Å². The molecule has 0 saturated heterocycles. The fourth-order valence-corrected chi connectivity index (χ4v) is 1.67. The summed E-state index contributed by atoms with van der Waals surface area (Å²) in [6, 6.07) is 5.31. The highest BCUT2D eigenvalue weighted by atomic mass is 16.2. The first-order chi connectivity index (χ1) is 8.39. The van der Waals surface area contributed by atoms with Gasteiger partial charge in [0, 0.05) is 17.9 Å². The molecular weight excluding hydrogens is 230 g/mol. The van der Waals surface area contributed by atoms with E-state index in [0.717, 1.165) is 0 Å². The zero-order chi connectivity index (χ0) is 13.3. The van der Waals surface area contributed by atoms with Gasteiger partial charge in [0.25, 0.3) is 5.56 Å². The van der Waals surface area contributed by atoms with Gasteiger partial charge in [0.05, 0.1) is 11.3 Å². The first kappa shape index (κ1) is 12.3. The lowest BCUT2D eigenvalue weighted by atomic mass is 10.1. The summed E-state index contributed by atoms with van der Waals surface area (Å²) in [7, 11) is 0. The number of hydrogen-bond donors (Lipinski definition) is 1. The van der Waals surface area contributed by atoms with Crippen molar-refractivity contribution >= 4 is 0 Å². The summed E-state index contributed by atoms with van der Waals surface area (Å²) in [6.45, 7) is 5.69. The van der Waals surface area contributed by atoms with Crippen molar-refractivity contribution in [2.24, 2.45) is 0 Å². The lowest BCUT2D eigenvalue weighted by Crippen LogP contribution is -2.38. The minimum atomic E-state index is -0.417. The molecule has 0 aliphatic heterocycles. The second-order valence-electron chi connectivity index (χ2n) is 5.06. The van der Waals surface area contributed by atoms with Gasteiger partial charge in [-0.2, -0.15) is 0 Å². The number of nitrogens with zero attached hydrogens (tertiary/aromatic N) is 2. The van der Waals surface area contributed by atoms with Crippen LogP contribution in [0.1, 0.15) is 20.8 Å². The summed E-state index contributed by atoms with van der Waals surface area (Å²) >= 11 is 0. The van der Waals surface area contributed by atoms with Crippen molar-refractivity contribution in [3.8, 4) is 11.3 Å². The van der Waals surface area contributed by atoms with Gasteiger partial charge >= 0.3 is 5.69 Å². The Morgan fingerprint density at radius 2 is 1.94 bits per heavy atom. The molecule has 0 aromatic carbocycles. The maximum atomic E-state index is 11.8. The molecule has 0 spiro atoms. The van der Waals surface area contributed by atoms with Gasteiger partial charge in [0.1, 0.15) is 0 Å². The molecule has 5 nitrogen and oxygen atoms in total. The minimum Gasteiger partial charge on any atom is -0.295 e. The zero-order valence-corrected chi connectivity index (χ0v) is 10.6. The Hall–Kier alpha value is -2.17. The van der Waals surface area contributed by atoms with Gasteiger partial charge in [-0.3, -0.25) is 19.3 Å². The monoisotopic (exact) mass is 245 g/mol. The van der Waals surface area contributed by atoms with E-state index in [1.807, 2.05) is 20.8 Å². The third-order valence-corrected chi connectivity index (χ3v) is 2.61. The van der Waals surface area contributed by atoms with Crippen molar-refractivity contribution in [2.75, 3.05) is 0 Å². The highest BCUT2D eigenvalue weighted by Gasteiger charge is 2.17. The number of nitrogens with one attached hydrogen (secondary N) is 1. The molecule has 2 rings (SSSR count). The van der Waals surface area contributed by atoms with Crippen LogP contribution in [0.3, 0.4) is 0 Å². The standard InChI is InChI=1S/C13H15N3O2/c1-13(2,3)16-8-9(11(17)15-12(16)18)10-6-4-5-7-14-10/h4-8H,1-3H3,(H,15,17,18). The predicted molar refractivity (Wildman–Crippen MR) is 69.5 cm³/mol. The molecule has 2 aromatic heterocycles. The van der Waals surface area contributed by atoms with Crippen molar-refractivity contribution in [2.45, 2.75) is 26.3 Å². The molecule has 0 bridgehead atoms. The Kier molecular flexibility index (Phi) is 2.90. The van der Waals surface area contributed by atoms with Crippen LogP contribution in [0.2, 0.25) is 0 Å². The molecule has 1 N–H and O–H groups in total. The summed E-state index contributed by atoms with van der Waals surface area (Å²) in [5.41, 5.74) is -0.279. The van der Waals surface area contributed by atoms with Crippen LogP contribution in [-0.2, 0) is 5.54 Å². The van der Waals surface area contributed by atoms with Crippen LogP contribution in [0, 0.1) is 0 Å². The van der Waals surface area contributed by atoms with E-state index in [2.05, 4.69) is 9.97 Å². The van der Waals surface area contributed by atoms with Crippen LogP contribution in [0.15, 0.2) is 40.2 Å². The van der Waals surface area contributed by atoms with E-state index in [9.17, 15) is 9.59 Å². The van der Waals surface area contributed by atoms with E-state index in [1.165, 1.54) is 4.57 Å². The minimum absolute atomic E-state index is 0.394. The van der Waals surface area contributed by atoms with E-state index >= 15 is 0 Å². The van der Waals surface area contributed by atoms with Crippen LogP contribution < -0.4 is 11.2 Å². The molecule has 5 heteroatoms. The van der Waals surface area contributed by atoms with Gasteiger partial charge in [-0.05, 0) is 32.9 Å². The quantitative estimate of drug-likeness (QED) is 0.824. The molecule has 2 aromatic rings. The highest BCUT2D eigenvalue weighted by Crippen LogP contribution is 2.14. The number of aromatic nitrogens is 3. The third-order valence-electron chi connectivity index (χ3n) is 2.61. The summed E-state index contributed by atoms with van der Waals surface area (Å²) in [5, 5.41) is 0. The lowest BCUT2D eigenvalue weighted by Gasteiger charge is -2.22. The van der Waals surface area contributed by atoms with Crippen LogP contribution in [0.5, 0.6) is 0 Å². The maximum absolute atomic E-state index is 11.8. The molecule has 18 heavy (non-hydrogen) atoms. The first-order valence-electron chi connectivity index (χ1n) is 5.67. The van der Waals surface area contributed by atoms with E-state index in [4.69, 9.17) is 0 Å². The fraction of sp³-hybridized carbons (Fsp3) is 0.308. The normalized spacial score (nSPS) is 11.5. The number of pyridine rings is 1. The summed E-state index contributed by atoms with van der Waals surface area (Å²) in [6.07, 6.45) is 3.17. The van der Waals surface area contributed by atoms with Gasteiger partial charge in [-0.15, -0.1) is 0 Å². The zero-order valence-electron chi connectivity index (χ0n) is 10.6. The van der Waals surface area contributed by atoms with Crippen molar-refractivity contribution < 1.29 is 0 Å². The second-order valence-corrected chi connectivity index (χ2v) is 5.06. The smallest absolute Gasteiger partial charge is 0.295 e. The molecule has 0 amide bonds. The molecule has 94 valence electrons.